The zero-order valence-corrected chi connectivity index (χ0v) is 12.9. The number of aromatic hydroxyl groups is 1. The third-order valence-electron chi connectivity index (χ3n) is 3.23. The number of nitrogens with zero attached hydrogens (tertiary/aromatic N) is 1. The topological polar surface area (TPSA) is 35.5 Å². The van der Waals surface area contributed by atoms with Crippen LogP contribution in [0.3, 0.4) is 0 Å². The molecule has 0 saturated carbocycles. The Labute approximate surface area is 129 Å². The third-order valence-corrected chi connectivity index (χ3v) is 3.56. The Balaban J connectivity index is 0.00000162. The maximum absolute atomic E-state index is 13.3. The molecule has 2 N–H and O–H groups in total. The van der Waals surface area contributed by atoms with Gasteiger partial charge >= 0.3 is 0 Å². The average molecular weight is 332 g/mol. The summed E-state index contributed by atoms with van der Waals surface area (Å²) in [6, 6.07) is 2.59. The number of hydrogen-bond donors (Lipinski definition) is 2. The summed E-state index contributed by atoms with van der Waals surface area (Å²) in [4.78, 5) is 2.18. The quantitative estimate of drug-likeness (QED) is 0.874. The van der Waals surface area contributed by atoms with Crippen molar-refractivity contribution >= 4 is 36.4 Å². The molecular weight excluding hydrogens is 314 g/mol. The van der Waals surface area contributed by atoms with E-state index in [1.54, 1.807) is 0 Å². The first-order valence-corrected chi connectivity index (χ1v) is 6.10. The first-order chi connectivity index (χ1) is 8.11. The molecule has 1 aliphatic heterocycles. The lowest BCUT2D eigenvalue weighted by Gasteiger charge is -2.33. The maximum Gasteiger partial charge on any atom is 0.165 e. The molecule has 19 heavy (non-hydrogen) atoms. The van der Waals surface area contributed by atoms with Gasteiger partial charge in [0.15, 0.2) is 11.6 Å². The van der Waals surface area contributed by atoms with Crippen molar-refractivity contribution in [2.24, 2.45) is 0 Å². The zero-order valence-electron chi connectivity index (χ0n) is 10.5. The summed E-state index contributed by atoms with van der Waals surface area (Å²) in [5, 5.41) is 13.4. The van der Waals surface area contributed by atoms with E-state index in [-0.39, 0.29) is 36.6 Å². The Kier molecular flexibility index (Phi) is 8.01. The molecule has 1 aromatic rings. The highest BCUT2D eigenvalue weighted by molar-refractivity contribution is 6.31. The van der Waals surface area contributed by atoms with Crippen LogP contribution in [-0.4, -0.2) is 36.2 Å². The van der Waals surface area contributed by atoms with Crippen LogP contribution in [0.4, 0.5) is 4.39 Å². The average Bonchev–Trinajstić information content (AvgIpc) is 2.35. The Morgan fingerprint density at radius 1 is 1.32 bits per heavy atom. The van der Waals surface area contributed by atoms with E-state index >= 15 is 0 Å². The van der Waals surface area contributed by atoms with Gasteiger partial charge in [0.1, 0.15) is 0 Å². The van der Waals surface area contributed by atoms with Crippen LogP contribution < -0.4 is 5.32 Å². The predicted octanol–water partition coefficient (Wildman–Crippen LogP) is 2.99. The van der Waals surface area contributed by atoms with E-state index in [1.165, 1.54) is 12.1 Å². The summed E-state index contributed by atoms with van der Waals surface area (Å²) >= 11 is 6.05. The van der Waals surface area contributed by atoms with Crippen molar-refractivity contribution in [2.45, 2.75) is 13.0 Å². The molecule has 0 unspecified atom stereocenters. The van der Waals surface area contributed by atoms with Crippen LogP contribution >= 0.6 is 36.4 Å². The first-order valence-electron chi connectivity index (χ1n) is 5.73. The van der Waals surface area contributed by atoms with Gasteiger partial charge in [-0.1, -0.05) is 11.6 Å². The fourth-order valence-corrected chi connectivity index (χ4v) is 2.52. The molecule has 0 aliphatic carbocycles. The molecule has 1 aliphatic rings. The lowest BCUT2D eigenvalue weighted by molar-refractivity contribution is 0.182. The zero-order chi connectivity index (χ0) is 12.4. The Morgan fingerprint density at radius 2 is 1.89 bits per heavy atom. The van der Waals surface area contributed by atoms with Gasteiger partial charge in [-0.3, -0.25) is 4.90 Å². The number of rotatable bonds is 2. The molecule has 1 heterocycles. The molecule has 0 radical (unpaired) electrons. The number of benzene rings is 1. The Bertz CT molecular complexity index is 414. The number of hydrogen-bond acceptors (Lipinski definition) is 3. The summed E-state index contributed by atoms with van der Waals surface area (Å²) in [5.41, 5.74) is 0.480. The molecular formula is C12H18Cl3FN2O. The molecule has 0 amide bonds. The molecule has 0 bridgehead atoms. The SMILES string of the molecule is C[C@@H](c1c(Cl)ccc(F)c1O)N1CCNCC1.Cl.Cl. The van der Waals surface area contributed by atoms with E-state index < -0.39 is 5.82 Å². The second-order valence-electron chi connectivity index (χ2n) is 4.25. The van der Waals surface area contributed by atoms with Crippen molar-refractivity contribution in [3.05, 3.63) is 28.5 Å². The molecule has 1 aromatic carbocycles. The van der Waals surface area contributed by atoms with Gasteiger partial charge < -0.3 is 10.4 Å². The largest absolute Gasteiger partial charge is 0.505 e. The standard InChI is InChI=1S/C12H16ClFN2O.2ClH/c1-8(16-6-4-15-5-7-16)11-9(13)2-3-10(14)12(11)17;;/h2-3,8,15,17H,4-7H2,1H3;2*1H/t8-;;/m0../s1. The second-order valence-corrected chi connectivity index (χ2v) is 4.66. The minimum atomic E-state index is -0.619. The number of nitrogens with one attached hydrogen (secondary N) is 1. The molecule has 110 valence electrons. The molecule has 1 saturated heterocycles. The van der Waals surface area contributed by atoms with Crippen LogP contribution in [0.5, 0.6) is 5.75 Å². The highest BCUT2D eigenvalue weighted by Gasteiger charge is 2.24. The van der Waals surface area contributed by atoms with E-state index in [4.69, 9.17) is 11.6 Å². The van der Waals surface area contributed by atoms with Gasteiger partial charge in [-0.25, -0.2) is 4.39 Å². The van der Waals surface area contributed by atoms with Crippen LogP contribution in [0.25, 0.3) is 0 Å². The lowest BCUT2D eigenvalue weighted by Crippen LogP contribution is -2.44. The fraction of sp³-hybridized carbons (Fsp3) is 0.500. The third kappa shape index (κ3) is 4.10. The van der Waals surface area contributed by atoms with Crippen LogP contribution in [0.1, 0.15) is 18.5 Å². The van der Waals surface area contributed by atoms with E-state index in [1.807, 2.05) is 6.92 Å². The van der Waals surface area contributed by atoms with Gasteiger partial charge in [0, 0.05) is 42.8 Å². The minimum absolute atomic E-state index is 0. The van der Waals surface area contributed by atoms with E-state index in [9.17, 15) is 9.50 Å². The lowest BCUT2D eigenvalue weighted by atomic mass is 10.0. The fourth-order valence-electron chi connectivity index (χ4n) is 2.21. The van der Waals surface area contributed by atoms with E-state index in [2.05, 4.69) is 10.2 Å². The summed E-state index contributed by atoms with van der Waals surface area (Å²) in [6.07, 6.45) is 0. The van der Waals surface area contributed by atoms with Crippen LogP contribution in [0.2, 0.25) is 5.02 Å². The van der Waals surface area contributed by atoms with E-state index in [0.717, 1.165) is 26.2 Å². The summed E-state index contributed by atoms with van der Waals surface area (Å²) in [6.45, 7) is 5.47. The summed E-state index contributed by atoms with van der Waals surface area (Å²) in [5.74, 6) is -0.949. The predicted molar refractivity (Wildman–Crippen MR) is 80.4 cm³/mol. The number of piperazine rings is 1. The van der Waals surface area contributed by atoms with Crippen molar-refractivity contribution in [1.29, 1.82) is 0 Å². The van der Waals surface area contributed by atoms with Gasteiger partial charge in [0.05, 0.1) is 0 Å². The minimum Gasteiger partial charge on any atom is -0.505 e. The monoisotopic (exact) mass is 330 g/mol. The highest BCUT2D eigenvalue weighted by atomic mass is 35.5. The van der Waals surface area contributed by atoms with Gasteiger partial charge in [-0.2, -0.15) is 0 Å². The molecule has 0 aromatic heterocycles. The number of halogens is 4. The summed E-state index contributed by atoms with van der Waals surface area (Å²) < 4.78 is 13.3. The van der Waals surface area contributed by atoms with Crippen LogP contribution in [0.15, 0.2) is 12.1 Å². The first kappa shape index (κ1) is 18.7. The van der Waals surface area contributed by atoms with Gasteiger partial charge in [-0.05, 0) is 19.1 Å². The van der Waals surface area contributed by atoms with Crippen molar-refractivity contribution in [3.8, 4) is 5.75 Å². The molecule has 3 nitrogen and oxygen atoms in total. The van der Waals surface area contributed by atoms with Crippen LogP contribution in [-0.2, 0) is 0 Å². The van der Waals surface area contributed by atoms with Crippen molar-refractivity contribution < 1.29 is 9.50 Å². The molecule has 0 spiro atoms. The molecule has 2 rings (SSSR count). The Morgan fingerprint density at radius 3 is 2.47 bits per heavy atom. The van der Waals surface area contributed by atoms with Gasteiger partial charge in [0.2, 0.25) is 0 Å². The Hall–Kier alpha value is -0.260. The van der Waals surface area contributed by atoms with Crippen molar-refractivity contribution in [1.82, 2.24) is 10.2 Å². The van der Waals surface area contributed by atoms with Gasteiger partial charge in [-0.15, -0.1) is 24.8 Å². The number of phenols is 1. The normalized spacial score (nSPS) is 17.2. The van der Waals surface area contributed by atoms with Crippen molar-refractivity contribution in [3.63, 3.8) is 0 Å². The molecule has 1 fully saturated rings. The van der Waals surface area contributed by atoms with Crippen molar-refractivity contribution in [2.75, 3.05) is 26.2 Å². The van der Waals surface area contributed by atoms with E-state index in [0.29, 0.717) is 10.6 Å². The van der Waals surface area contributed by atoms with Crippen LogP contribution in [0, 0.1) is 5.82 Å². The maximum atomic E-state index is 13.3. The smallest absolute Gasteiger partial charge is 0.165 e. The molecule has 1 atom stereocenters. The second kappa shape index (κ2) is 8.12. The van der Waals surface area contributed by atoms with Gasteiger partial charge in [0.25, 0.3) is 0 Å². The molecule has 7 heteroatoms. The highest BCUT2D eigenvalue weighted by Crippen LogP contribution is 2.36. The summed E-state index contributed by atoms with van der Waals surface area (Å²) in [7, 11) is 0. The number of phenolic OH excluding ortho intramolecular Hbond substituents is 1.